The lowest BCUT2D eigenvalue weighted by molar-refractivity contribution is -0.139. The second-order valence-electron chi connectivity index (χ2n) is 10.8. The largest absolute Gasteiger partial charge is 0.379 e. The molecule has 0 saturated carbocycles. The lowest BCUT2D eigenvalue weighted by Crippen LogP contribution is -2.56. The van der Waals surface area contributed by atoms with Crippen molar-refractivity contribution in [2.45, 2.75) is 84.3 Å². The van der Waals surface area contributed by atoms with Gasteiger partial charge in [0.2, 0.25) is 11.8 Å². The number of nitrogens with zero attached hydrogens (tertiary/aromatic N) is 1. The van der Waals surface area contributed by atoms with Gasteiger partial charge in [0.25, 0.3) is 0 Å². The molecule has 2 N–H and O–H groups in total. The molecular weight excluding hydrogens is 452 g/mol. The molecule has 1 spiro atoms. The first-order chi connectivity index (χ1) is 16.7. The van der Waals surface area contributed by atoms with Crippen molar-refractivity contribution in [2.75, 3.05) is 26.3 Å². The monoisotopic (exact) mass is 493 g/mol. The van der Waals surface area contributed by atoms with Crippen molar-refractivity contribution in [3.8, 4) is 0 Å². The Kier molecular flexibility index (Phi) is 10.0. The third-order valence-electron chi connectivity index (χ3n) is 7.21. The molecule has 0 radical (unpaired) electrons. The fourth-order valence-corrected chi connectivity index (χ4v) is 5.13. The van der Waals surface area contributed by atoms with Gasteiger partial charge in [-0.15, -0.1) is 0 Å². The summed E-state index contributed by atoms with van der Waals surface area (Å²) in [6.45, 7) is 9.02. The van der Waals surface area contributed by atoms with Gasteiger partial charge in [-0.05, 0) is 75.7 Å². The van der Waals surface area contributed by atoms with Crippen LogP contribution in [-0.2, 0) is 20.9 Å². The molecule has 3 rings (SSSR count). The number of carbonyl (C=O) groups excluding carboxylic acids is 2. The Labute approximate surface area is 208 Å². The van der Waals surface area contributed by atoms with Crippen molar-refractivity contribution >= 4 is 11.8 Å². The molecule has 1 aromatic rings. The molecule has 2 aliphatic rings. The maximum absolute atomic E-state index is 13.7. The number of carbonyl (C=O) groups is 2. The van der Waals surface area contributed by atoms with Crippen LogP contribution in [-0.4, -0.2) is 55.1 Å². The van der Waals surface area contributed by atoms with Gasteiger partial charge in [-0.25, -0.2) is 8.78 Å². The van der Waals surface area contributed by atoms with E-state index in [-0.39, 0.29) is 23.8 Å². The molecule has 0 aliphatic carbocycles. The lowest BCUT2D eigenvalue weighted by Gasteiger charge is -2.41. The number of likely N-dealkylation sites (tertiary alicyclic amines) is 1. The van der Waals surface area contributed by atoms with Gasteiger partial charge in [-0.2, -0.15) is 0 Å². The Morgan fingerprint density at radius 1 is 1.06 bits per heavy atom. The summed E-state index contributed by atoms with van der Waals surface area (Å²) in [5, 5.41) is 6.11. The number of ether oxygens (including phenoxy) is 1. The zero-order valence-corrected chi connectivity index (χ0v) is 21.4. The number of amides is 2. The van der Waals surface area contributed by atoms with Crippen molar-refractivity contribution in [1.82, 2.24) is 15.5 Å². The first kappa shape index (κ1) is 27.5. The molecule has 196 valence electrons. The molecule has 2 atom stereocenters. The topological polar surface area (TPSA) is 70.7 Å². The van der Waals surface area contributed by atoms with Crippen LogP contribution in [0.2, 0.25) is 0 Å². The lowest BCUT2D eigenvalue weighted by atomic mass is 9.73. The average molecular weight is 494 g/mol. The van der Waals surface area contributed by atoms with E-state index in [2.05, 4.69) is 15.5 Å². The van der Waals surface area contributed by atoms with Gasteiger partial charge in [0.05, 0.1) is 12.0 Å². The molecular formula is C27H41F2N3O3. The number of halogens is 2. The molecule has 0 unspecified atom stereocenters. The van der Waals surface area contributed by atoms with Crippen molar-refractivity contribution < 1.29 is 23.1 Å². The fourth-order valence-electron chi connectivity index (χ4n) is 5.13. The van der Waals surface area contributed by atoms with Crippen molar-refractivity contribution in [2.24, 2.45) is 11.3 Å². The van der Waals surface area contributed by atoms with E-state index in [0.29, 0.717) is 52.1 Å². The molecule has 2 aliphatic heterocycles. The minimum atomic E-state index is -0.845. The van der Waals surface area contributed by atoms with Crippen molar-refractivity contribution in [3.63, 3.8) is 0 Å². The van der Waals surface area contributed by atoms with Crippen LogP contribution in [0.5, 0.6) is 0 Å². The van der Waals surface area contributed by atoms with E-state index in [9.17, 15) is 18.4 Å². The summed E-state index contributed by atoms with van der Waals surface area (Å²) in [6, 6.07) is 3.31. The van der Waals surface area contributed by atoms with Crippen LogP contribution in [0.3, 0.4) is 0 Å². The molecule has 2 heterocycles. The van der Waals surface area contributed by atoms with Crippen LogP contribution in [0.4, 0.5) is 8.78 Å². The predicted molar refractivity (Wildman–Crippen MR) is 132 cm³/mol. The highest BCUT2D eigenvalue weighted by molar-refractivity contribution is 5.90. The Morgan fingerprint density at radius 2 is 1.80 bits per heavy atom. The molecule has 2 fully saturated rings. The highest BCUT2D eigenvalue weighted by Gasteiger charge is 2.42. The molecule has 0 aromatic heterocycles. The number of hydrogen-bond acceptors (Lipinski definition) is 4. The molecule has 1 aromatic carbocycles. The molecule has 2 amide bonds. The molecule has 2 saturated heterocycles. The summed E-state index contributed by atoms with van der Waals surface area (Å²) >= 11 is 0. The number of nitrogens with one attached hydrogen (secondary N) is 2. The highest BCUT2D eigenvalue weighted by atomic mass is 19.2. The van der Waals surface area contributed by atoms with Crippen LogP contribution in [0.1, 0.15) is 71.3 Å². The zero-order chi connectivity index (χ0) is 25.4. The van der Waals surface area contributed by atoms with E-state index in [1.807, 2.05) is 20.8 Å². The van der Waals surface area contributed by atoms with E-state index in [1.54, 1.807) is 6.07 Å². The van der Waals surface area contributed by atoms with Gasteiger partial charge < -0.3 is 15.4 Å². The summed E-state index contributed by atoms with van der Waals surface area (Å²) in [6.07, 6.45) is 5.53. The molecule has 35 heavy (non-hydrogen) atoms. The minimum Gasteiger partial charge on any atom is -0.379 e. The van der Waals surface area contributed by atoms with Gasteiger partial charge in [0.15, 0.2) is 11.6 Å². The van der Waals surface area contributed by atoms with Crippen LogP contribution in [0.15, 0.2) is 18.2 Å². The molecule has 6 nitrogen and oxygen atoms in total. The smallest absolute Gasteiger partial charge is 0.242 e. The predicted octanol–water partition coefficient (Wildman–Crippen LogP) is 4.17. The number of benzene rings is 1. The van der Waals surface area contributed by atoms with Crippen molar-refractivity contribution in [1.29, 1.82) is 0 Å². The van der Waals surface area contributed by atoms with Crippen LogP contribution in [0.25, 0.3) is 0 Å². The molecule has 8 heteroatoms. The van der Waals surface area contributed by atoms with Gasteiger partial charge in [0, 0.05) is 19.2 Å². The van der Waals surface area contributed by atoms with Gasteiger partial charge in [0.1, 0.15) is 6.04 Å². The van der Waals surface area contributed by atoms with Gasteiger partial charge in [-0.3, -0.25) is 14.5 Å². The van der Waals surface area contributed by atoms with Gasteiger partial charge in [-0.1, -0.05) is 32.8 Å². The quantitative estimate of drug-likeness (QED) is 0.661. The maximum Gasteiger partial charge on any atom is 0.242 e. The molecule has 0 bridgehead atoms. The second kappa shape index (κ2) is 12.8. The Hall–Kier alpha value is -2.06. The summed E-state index contributed by atoms with van der Waals surface area (Å²) in [4.78, 5) is 28.9. The summed E-state index contributed by atoms with van der Waals surface area (Å²) in [7, 11) is 0. The number of piperidine rings is 1. The van der Waals surface area contributed by atoms with E-state index < -0.39 is 23.1 Å². The zero-order valence-electron chi connectivity index (χ0n) is 21.4. The normalized spacial score (nSPS) is 25.2. The summed E-state index contributed by atoms with van der Waals surface area (Å²) in [5.41, 5.74) is 0.189. The van der Waals surface area contributed by atoms with E-state index in [4.69, 9.17) is 4.74 Å². The highest BCUT2D eigenvalue weighted by Crippen LogP contribution is 2.38. The second-order valence-corrected chi connectivity index (χ2v) is 10.8. The van der Waals surface area contributed by atoms with Gasteiger partial charge >= 0.3 is 0 Å². The van der Waals surface area contributed by atoms with Crippen molar-refractivity contribution in [3.05, 3.63) is 35.4 Å². The maximum atomic E-state index is 13.7. The summed E-state index contributed by atoms with van der Waals surface area (Å²) in [5.74, 6) is -1.63. The first-order valence-corrected chi connectivity index (χ1v) is 13.0. The van der Waals surface area contributed by atoms with Crippen LogP contribution < -0.4 is 10.6 Å². The van der Waals surface area contributed by atoms with E-state index >= 15 is 0 Å². The summed E-state index contributed by atoms with van der Waals surface area (Å²) < 4.78 is 32.7. The fraction of sp³-hybridized carbons (Fsp3) is 0.704. The Balaban J connectivity index is 1.71. The Morgan fingerprint density at radius 3 is 2.49 bits per heavy atom. The van der Waals surface area contributed by atoms with E-state index in [0.717, 1.165) is 37.3 Å². The Bertz CT molecular complexity index is 856. The third kappa shape index (κ3) is 7.97. The average Bonchev–Trinajstić information content (AvgIpc) is 2.80. The van der Waals surface area contributed by atoms with E-state index in [1.165, 1.54) is 6.07 Å². The first-order valence-electron chi connectivity index (χ1n) is 13.0. The minimum absolute atomic E-state index is 0.0354. The number of hydrogen-bond donors (Lipinski definition) is 2. The van der Waals surface area contributed by atoms with Crippen LogP contribution in [0, 0.1) is 23.0 Å². The number of rotatable bonds is 4. The SMILES string of the molecule is CC(C)C[C@@H]1NC(=O)C2(CCCCCOC[C@@H](C)NC1=O)CCN(Cc1ccc(F)c(F)c1)CC2. The standard InChI is InChI=1S/C27H41F2N3O3/c1-19(2)15-24-25(33)30-20(3)18-35-14-6-4-5-9-27(26(34)31-24)10-12-32(13-11-27)17-21-7-8-22(28)23(29)16-21/h7-8,16,19-20,24H,4-6,9-15,17-18H2,1-3H3,(H,30,33)(H,31,34)/t20-,24+/m1/s1. The third-order valence-corrected chi connectivity index (χ3v) is 7.21. The van der Waals surface area contributed by atoms with Crippen LogP contribution >= 0.6 is 0 Å².